The summed E-state index contributed by atoms with van der Waals surface area (Å²) in [6.45, 7) is 7.78. The van der Waals surface area contributed by atoms with Crippen molar-refractivity contribution in [3.05, 3.63) is 29.3 Å². The van der Waals surface area contributed by atoms with Gasteiger partial charge in [0, 0.05) is 42.9 Å². The van der Waals surface area contributed by atoms with Gasteiger partial charge in [0.2, 0.25) is 5.96 Å². The Labute approximate surface area is 125 Å². The fraction of sp³-hybridized carbons (Fsp3) is 0.500. The van der Waals surface area contributed by atoms with E-state index < -0.39 is 0 Å². The molecule has 0 saturated carbocycles. The minimum atomic E-state index is 0.232. The minimum absolute atomic E-state index is 0.232. The van der Waals surface area contributed by atoms with Gasteiger partial charge in [-0.3, -0.25) is 5.43 Å². The van der Waals surface area contributed by atoms with E-state index in [9.17, 15) is 0 Å². The summed E-state index contributed by atoms with van der Waals surface area (Å²) in [5.41, 5.74) is 3.91. The van der Waals surface area contributed by atoms with Crippen molar-refractivity contribution in [1.29, 1.82) is 0 Å². The molecule has 1 fully saturated rings. The summed E-state index contributed by atoms with van der Waals surface area (Å²) in [5.74, 6) is 6.34. The van der Waals surface area contributed by atoms with Crippen molar-refractivity contribution in [3.8, 4) is 0 Å². The number of hydrogen-bond acceptors (Lipinski definition) is 3. The molecule has 0 aromatic heterocycles. The fourth-order valence-corrected chi connectivity index (χ4v) is 2.41. The lowest BCUT2D eigenvalue weighted by atomic mass is 10.2. The Morgan fingerprint density at radius 1 is 1.20 bits per heavy atom. The maximum absolute atomic E-state index is 5.92. The number of nitrogens with zero attached hydrogens (tertiary/aromatic N) is 3. The summed E-state index contributed by atoms with van der Waals surface area (Å²) in [6.07, 6.45) is 0. The molecule has 0 radical (unpaired) electrons. The van der Waals surface area contributed by atoms with Gasteiger partial charge < -0.3 is 9.80 Å². The summed E-state index contributed by atoms with van der Waals surface area (Å²) in [6, 6.07) is 8.20. The Bertz CT molecular complexity index is 449. The van der Waals surface area contributed by atoms with Crippen molar-refractivity contribution in [1.82, 2.24) is 10.3 Å². The lowest BCUT2D eigenvalue weighted by Crippen LogP contribution is -2.54. The third-order valence-electron chi connectivity index (χ3n) is 3.28. The molecule has 3 N–H and O–H groups in total. The van der Waals surface area contributed by atoms with Gasteiger partial charge in [0.05, 0.1) is 0 Å². The van der Waals surface area contributed by atoms with Crippen LogP contribution in [0, 0.1) is 0 Å². The predicted octanol–water partition coefficient (Wildman–Crippen LogP) is 1.69. The number of nitrogens with one attached hydrogen (secondary N) is 1. The first-order chi connectivity index (χ1) is 9.60. The zero-order valence-electron chi connectivity index (χ0n) is 12.0. The van der Waals surface area contributed by atoms with Crippen LogP contribution in [0.25, 0.3) is 0 Å². The molecule has 1 aromatic rings. The van der Waals surface area contributed by atoms with Gasteiger partial charge in [0.15, 0.2) is 0 Å². The minimum Gasteiger partial charge on any atom is -0.368 e. The highest BCUT2D eigenvalue weighted by molar-refractivity contribution is 6.30. The molecule has 0 aliphatic carbocycles. The average Bonchev–Trinajstić information content (AvgIpc) is 2.46. The van der Waals surface area contributed by atoms with E-state index in [1.54, 1.807) is 0 Å². The summed E-state index contributed by atoms with van der Waals surface area (Å²) < 4.78 is 0. The molecule has 2 rings (SSSR count). The van der Waals surface area contributed by atoms with Gasteiger partial charge >= 0.3 is 0 Å². The third-order valence-corrected chi connectivity index (χ3v) is 3.53. The van der Waals surface area contributed by atoms with E-state index in [4.69, 9.17) is 17.4 Å². The molecule has 1 aliphatic rings. The molecule has 0 unspecified atom stereocenters. The van der Waals surface area contributed by atoms with Crippen LogP contribution in [0.5, 0.6) is 0 Å². The second-order valence-corrected chi connectivity index (χ2v) is 5.58. The molecule has 0 amide bonds. The van der Waals surface area contributed by atoms with Crippen LogP contribution in [0.1, 0.15) is 13.8 Å². The Morgan fingerprint density at radius 2 is 1.80 bits per heavy atom. The molecule has 110 valence electrons. The van der Waals surface area contributed by atoms with Gasteiger partial charge in [-0.05, 0) is 38.1 Å². The number of aliphatic imine (C=N–C) groups is 1. The standard InChI is InChI=1S/C14H22ClN5/c1-11(2)17-14(18-16)20-9-7-19(8-10-20)13-5-3-12(15)4-6-13/h3-6,11H,7-10,16H2,1-2H3,(H,17,18). The topological polar surface area (TPSA) is 56.9 Å². The molecule has 0 bridgehead atoms. The number of guanidine groups is 1. The summed E-state index contributed by atoms with van der Waals surface area (Å²) >= 11 is 5.92. The van der Waals surface area contributed by atoms with Crippen LogP contribution >= 0.6 is 11.6 Å². The van der Waals surface area contributed by atoms with Crippen molar-refractivity contribution in [2.75, 3.05) is 31.1 Å². The number of hydrazine groups is 1. The number of rotatable bonds is 2. The number of anilines is 1. The fourth-order valence-electron chi connectivity index (χ4n) is 2.28. The number of benzene rings is 1. The van der Waals surface area contributed by atoms with Crippen LogP contribution in [0.4, 0.5) is 5.69 Å². The average molecular weight is 296 g/mol. The van der Waals surface area contributed by atoms with Gasteiger partial charge in [-0.2, -0.15) is 0 Å². The quantitative estimate of drug-likeness (QED) is 0.377. The van der Waals surface area contributed by atoms with Gasteiger partial charge in [0.1, 0.15) is 0 Å². The molecule has 0 spiro atoms. The second kappa shape index (κ2) is 6.81. The Morgan fingerprint density at radius 3 is 2.30 bits per heavy atom. The molecule has 20 heavy (non-hydrogen) atoms. The summed E-state index contributed by atoms with van der Waals surface area (Å²) in [4.78, 5) is 9.03. The molecular weight excluding hydrogens is 274 g/mol. The van der Waals surface area contributed by atoms with Crippen LogP contribution in [0.2, 0.25) is 5.02 Å². The second-order valence-electron chi connectivity index (χ2n) is 5.14. The molecule has 6 heteroatoms. The normalized spacial score (nSPS) is 16.8. The third kappa shape index (κ3) is 3.77. The van der Waals surface area contributed by atoms with E-state index in [0.717, 1.165) is 37.2 Å². The zero-order chi connectivity index (χ0) is 14.5. The van der Waals surface area contributed by atoms with Crippen LogP contribution in [-0.2, 0) is 0 Å². The van der Waals surface area contributed by atoms with Crippen molar-refractivity contribution in [2.45, 2.75) is 19.9 Å². The van der Waals surface area contributed by atoms with E-state index >= 15 is 0 Å². The maximum Gasteiger partial charge on any atom is 0.208 e. The highest BCUT2D eigenvalue weighted by Crippen LogP contribution is 2.19. The maximum atomic E-state index is 5.92. The molecule has 1 aliphatic heterocycles. The lowest BCUT2D eigenvalue weighted by molar-refractivity contribution is 0.371. The number of hydrogen-bond donors (Lipinski definition) is 2. The Hall–Kier alpha value is -1.46. The first kappa shape index (κ1) is 14.9. The van der Waals surface area contributed by atoms with E-state index in [1.165, 1.54) is 5.69 Å². The van der Waals surface area contributed by atoms with Crippen LogP contribution < -0.4 is 16.2 Å². The predicted molar refractivity (Wildman–Crippen MR) is 85.1 cm³/mol. The van der Waals surface area contributed by atoms with Crippen LogP contribution in [0.3, 0.4) is 0 Å². The molecule has 0 atom stereocenters. The smallest absolute Gasteiger partial charge is 0.208 e. The Kier molecular flexibility index (Phi) is 5.09. The van der Waals surface area contributed by atoms with E-state index in [0.29, 0.717) is 0 Å². The van der Waals surface area contributed by atoms with Crippen molar-refractivity contribution < 1.29 is 0 Å². The van der Waals surface area contributed by atoms with Gasteiger partial charge in [-0.25, -0.2) is 10.8 Å². The first-order valence-electron chi connectivity index (χ1n) is 6.90. The summed E-state index contributed by atoms with van der Waals surface area (Å²) in [7, 11) is 0. The highest BCUT2D eigenvalue weighted by atomic mass is 35.5. The molecule has 1 aromatic carbocycles. The lowest BCUT2D eigenvalue weighted by Gasteiger charge is -2.37. The van der Waals surface area contributed by atoms with E-state index in [1.807, 2.05) is 26.0 Å². The monoisotopic (exact) mass is 295 g/mol. The van der Waals surface area contributed by atoms with Crippen molar-refractivity contribution in [3.63, 3.8) is 0 Å². The van der Waals surface area contributed by atoms with E-state index in [2.05, 4.69) is 32.4 Å². The molecule has 1 saturated heterocycles. The molecule has 1 heterocycles. The van der Waals surface area contributed by atoms with Crippen LogP contribution in [-0.4, -0.2) is 43.1 Å². The van der Waals surface area contributed by atoms with Crippen molar-refractivity contribution >= 4 is 23.2 Å². The van der Waals surface area contributed by atoms with Crippen LogP contribution in [0.15, 0.2) is 29.3 Å². The first-order valence-corrected chi connectivity index (χ1v) is 7.28. The van der Waals surface area contributed by atoms with E-state index in [-0.39, 0.29) is 6.04 Å². The summed E-state index contributed by atoms with van der Waals surface area (Å²) in [5, 5.41) is 0.770. The number of nitrogens with two attached hydrogens (primary N) is 1. The molecular formula is C14H22ClN5. The number of halogens is 1. The molecule has 5 nitrogen and oxygen atoms in total. The number of piperazine rings is 1. The van der Waals surface area contributed by atoms with Gasteiger partial charge in [0.25, 0.3) is 0 Å². The van der Waals surface area contributed by atoms with Gasteiger partial charge in [-0.1, -0.05) is 11.6 Å². The van der Waals surface area contributed by atoms with Gasteiger partial charge in [-0.15, -0.1) is 0 Å². The highest BCUT2D eigenvalue weighted by Gasteiger charge is 2.19. The van der Waals surface area contributed by atoms with Crippen molar-refractivity contribution in [2.24, 2.45) is 10.8 Å². The SMILES string of the molecule is CC(C)N=C(NN)N1CCN(c2ccc(Cl)cc2)CC1. The largest absolute Gasteiger partial charge is 0.368 e. The Balaban J connectivity index is 1.96. The zero-order valence-corrected chi connectivity index (χ0v) is 12.8.